The van der Waals surface area contributed by atoms with Crippen LogP contribution in [0.2, 0.25) is 0 Å². The fraction of sp³-hybridized carbons (Fsp3) is 0.588. The quantitative estimate of drug-likeness (QED) is 0.931. The van der Waals surface area contributed by atoms with Crippen molar-refractivity contribution >= 4 is 10.0 Å². The zero-order valence-electron chi connectivity index (χ0n) is 13.3. The summed E-state index contributed by atoms with van der Waals surface area (Å²) in [5.74, 6) is 0.579. The minimum Gasteiger partial charge on any atom is -0.207 e. The molecule has 0 aromatic heterocycles. The second-order valence-corrected chi connectivity index (χ2v) is 9.14. The van der Waals surface area contributed by atoms with Crippen LogP contribution in [-0.4, -0.2) is 14.5 Å². The Kier molecular flexibility index (Phi) is 3.39. The lowest BCUT2D eigenvalue weighted by Gasteiger charge is -2.39. The molecule has 1 aromatic carbocycles. The van der Waals surface area contributed by atoms with E-state index in [-0.39, 0.29) is 21.8 Å². The molecular formula is C17H22N2O2S. The van der Waals surface area contributed by atoms with Crippen LogP contribution in [-0.2, 0) is 10.0 Å². The number of nitrogens with one attached hydrogen (secondary N) is 1. The van der Waals surface area contributed by atoms with E-state index in [0.29, 0.717) is 11.5 Å². The van der Waals surface area contributed by atoms with Crippen molar-refractivity contribution in [2.45, 2.75) is 51.0 Å². The van der Waals surface area contributed by atoms with Gasteiger partial charge in [-0.3, -0.25) is 0 Å². The third-order valence-electron chi connectivity index (χ3n) is 6.36. The topological polar surface area (TPSA) is 70.0 Å². The third kappa shape index (κ3) is 2.09. The van der Waals surface area contributed by atoms with E-state index in [4.69, 9.17) is 5.26 Å². The lowest BCUT2D eigenvalue weighted by Crippen LogP contribution is -2.46. The molecule has 2 aliphatic carbocycles. The highest BCUT2D eigenvalue weighted by atomic mass is 32.2. The van der Waals surface area contributed by atoms with Crippen molar-refractivity contribution in [1.82, 2.24) is 4.72 Å². The summed E-state index contributed by atoms with van der Waals surface area (Å²) in [7, 11) is -3.59. The van der Waals surface area contributed by atoms with Crippen LogP contribution in [0.25, 0.3) is 0 Å². The standard InChI is InChI=1S/C17H22N2O2S/c1-16(2)13-7-8-17(16,3)15(10-13)19-22(20,21)14-6-4-5-12(9-14)11-18/h4-6,9,13,15,19H,7-8,10H2,1-3H3. The molecule has 1 aromatic rings. The van der Waals surface area contributed by atoms with Gasteiger partial charge in [-0.25, -0.2) is 13.1 Å². The molecule has 5 heteroatoms. The van der Waals surface area contributed by atoms with Crippen LogP contribution in [0.5, 0.6) is 0 Å². The Bertz CT molecular complexity index is 748. The van der Waals surface area contributed by atoms with E-state index in [1.54, 1.807) is 18.2 Å². The maximum atomic E-state index is 12.7. The molecular weight excluding hydrogens is 296 g/mol. The zero-order valence-corrected chi connectivity index (χ0v) is 14.1. The Morgan fingerprint density at radius 1 is 1.32 bits per heavy atom. The Labute approximate surface area is 132 Å². The Morgan fingerprint density at radius 2 is 2.05 bits per heavy atom. The number of nitriles is 1. The summed E-state index contributed by atoms with van der Waals surface area (Å²) in [5, 5.41) is 8.94. The van der Waals surface area contributed by atoms with Crippen molar-refractivity contribution in [3.63, 3.8) is 0 Å². The second kappa shape index (κ2) is 4.81. The minimum absolute atomic E-state index is 0.00241. The first-order valence-corrected chi connectivity index (χ1v) is 9.21. The summed E-state index contributed by atoms with van der Waals surface area (Å²) in [4.78, 5) is 0.177. The Morgan fingerprint density at radius 3 is 2.59 bits per heavy atom. The summed E-state index contributed by atoms with van der Waals surface area (Å²) in [5.41, 5.74) is 0.522. The average Bonchev–Trinajstić information content (AvgIpc) is 2.80. The van der Waals surface area contributed by atoms with Gasteiger partial charge in [0, 0.05) is 6.04 Å². The molecule has 3 unspecified atom stereocenters. The van der Waals surface area contributed by atoms with Crippen LogP contribution in [0.1, 0.15) is 45.6 Å². The summed E-state index contributed by atoms with van der Waals surface area (Å²) < 4.78 is 28.2. The number of rotatable bonds is 3. The number of fused-ring (bicyclic) bond motifs is 2. The van der Waals surface area contributed by atoms with Crippen molar-refractivity contribution in [2.75, 3.05) is 0 Å². The van der Waals surface area contributed by atoms with E-state index in [2.05, 4.69) is 25.5 Å². The Hall–Kier alpha value is -1.38. The molecule has 0 radical (unpaired) electrons. The molecule has 0 spiro atoms. The smallest absolute Gasteiger partial charge is 0.207 e. The van der Waals surface area contributed by atoms with Gasteiger partial charge >= 0.3 is 0 Å². The van der Waals surface area contributed by atoms with E-state index in [0.717, 1.165) is 12.8 Å². The van der Waals surface area contributed by atoms with Gasteiger partial charge in [0.15, 0.2) is 0 Å². The summed E-state index contributed by atoms with van der Waals surface area (Å²) >= 11 is 0. The van der Waals surface area contributed by atoms with E-state index >= 15 is 0 Å². The highest BCUT2D eigenvalue weighted by molar-refractivity contribution is 7.89. The molecule has 2 bridgehead atoms. The van der Waals surface area contributed by atoms with Crippen LogP contribution in [0.4, 0.5) is 0 Å². The van der Waals surface area contributed by atoms with E-state index < -0.39 is 10.0 Å². The SMILES string of the molecule is CC1(C)C2CCC1(C)C(NS(=O)(=O)c1cccc(C#N)c1)C2. The first-order valence-electron chi connectivity index (χ1n) is 7.73. The van der Waals surface area contributed by atoms with Crippen LogP contribution in [0.15, 0.2) is 29.2 Å². The van der Waals surface area contributed by atoms with Gasteiger partial charge < -0.3 is 0 Å². The maximum absolute atomic E-state index is 12.7. The molecule has 2 aliphatic rings. The first-order chi connectivity index (χ1) is 10.2. The number of sulfonamides is 1. The third-order valence-corrected chi connectivity index (χ3v) is 7.83. The minimum atomic E-state index is -3.59. The van der Waals surface area contributed by atoms with Gasteiger partial charge in [0.25, 0.3) is 0 Å². The van der Waals surface area contributed by atoms with Crippen molar-refractivity contribution in [1.29, 1.82) is 5.26 Å². The van der Waals surface area contributed by atoms with Crippen molar-refractivity contribution in [3.05, 3.63) is 29.8 Å². The summed E-state index contributed by atoms with van der Waals surface area (Å²) in [6, 6.07) is 8.16. The van der Waals surface area contributed by atoms with Gasteiger partial charge in [0.05, 0.1) is 16.5 Å². The number of hydrogen-bond acceptors (Lipinski definition) is 3. The number of nitrogens with zero attached hydrogens (tertiary/aromatic N) is 1. The van der Waals surface area contributed by atoms with Crippen LogP contribution in [0, 0.1) is 28.1 Å². The van der Waals surface area contributed by atoms with Crippen molar-refractivity contribution in [2.24, 2.45) is 16.7 Å². The monoisotopic (exact) mass is 318 g/mol. The van der Waals surface area contributed by atoms with Gasteiger partial charge in [-0.1, -0.05) is 26.8 Å². The molecule has 0 amide bonds. The second-order valence-electron chi connectivity index (χ2n) is 7.42. The summed E-state index contributed by atoms with van der Waals surface area (Å²) in [6.45, 7) is 6.73. The Balaban J connectivity index is 1.89. The van der Waals surface area contributed by atoms with Crippen LogP contribution < -0.4 is 4.72 Å². The maximum Gasteiger partial charge on any atom is 0.240 e. The first kappa shape index (κ1) is 15.5. The van der Waals surface area contributed by atoms with Crippen LogP contribution >= 0.6 is 0 Å². The predicted octanol–water partition coefficient (Wildman–Crippen LogP) is 3.05. The van der Waals surface area contributed by atoms with Gasteiger partial charge in [0.1, 0.15) is 0 Å². The highest BCUT2D eigenvalue weighted by Gasteiger charge is 2.61. The van der Waals surface area contributed by atoms with Crippen LogP contribution in [0.3, 0.4) is 0 Å². The predicted molar refractivity (Wildman–Crippen MR) is 84.5 cm³/mol. The van der Waals surface area contributed by atoms with Crippen molar-refractivity contribution < 1.29 is 8.42 Å². The van der Waals surface area contributed by atoms with E-state index in [1.807, 2.05) is 6.07 Å². The number of hydrogen-bond donors (Lipinski definition) is 1. The molecule has 0 aliphatic heterocycles. The molecule has 22 heavy (non-hydrogen) atoms. The molecule has 0 saturated heterocycles. The molecule has 4 nitrogen and oxygen atoms in total. The van der Waals surface area contributed by atoms with Gasteiger partial charge in [-0.2, -0.15) is 5.26 Å². The molecule has 3 rings (SSSR count). The lowest BCUT2D eigenvalue weighted by atomic mass is 9.69. The van der Waals surface area contributed by atoms with Crippen molar-refractivity contribution in [3.8, 4) is 6.07 Å². The zero-order chi connectivity index (χ0) is 16.2. The molecule has 2 fully saturated rings. The lowest BCUT2D eigenvalue weighted by molar-refractivity contribution is 0.130. The van der Waals surface area contributed by atoms with Gasteiger partial charge in [0.2, 0.25) is 10.0 Å². The average molecular weight is 318 g/mol. The molecule has 2 saturated carbocycles. The fourth-order valence-electron chi connectivity index (χ4n) is 4.37. The normalized spacial score (nSPS) is 32.8. The highest BCUT2D eigenvalue weighted by Crippen LogP contribution is 2.65. The fourth-order valence-corrected chi connectivity index (χ4v) is 5.78. The summed E-state index contributed by atoms with van der Waals surface area (Å²) in [6.07, 6.45) is 3.16. The largest absolute Gasteiger partial charge is 0.240 e. The molecule has 1 N–H and O–H groups in total. The van der Waals surface area contributed by atoms with Gasteiger partial charge in [-0.15, -0.1) is 0 Å². The van der Waals surface area contributed by atoms with Gasteiger partial charge in [-0.05, 0) is 54.2 Å². The number of benzene rings is 1. The molecule has 3 atom stereocenters. The molecule has 118 valence electrons. The van der Waals surface area contributed by atoms with E-state index in [1.165, 1.54) is 12.5 Å². The van der Waals surface area contributed by atoms with E-state index in [9.17, 15) is 8.42 Å². The molecule has 0 heterocycles.